The van der Waals surface area contributed by atoms with Crippen LogP contribution in [0.5, 0.6) is 0 Å². The summed E-state index contributed by atoms with van der Waals surface area (Å²) in [5.74, 6) is 0. The Bertz CT molecular complexity index is 4060. The maximum absolute atomic E-state index is 6.60. The molecule has 0 unspecified atom stereocenters. The number of benzene rings is 11. The molecule has 3 heterocycles. The monoisotopic (exact) mass is 827 g/mol. The fourth-order valence-corrected chi connectivity index (χ4v) is 10.7. The molecular weight excluding hydrogens is 791 g/mol. The van der Waals surface area contributed by atoms with Crippen LogP contribution in [0.1, 0.15) is 0 Å². The average Bonchev–Trinajstić information content (AvgIpc) is 4.05. The minimum absolute atomic E-state index is 0.895. The molecule has 302 valence electrons. The highest BCUT2D eigenvalue weighted by atomic mass is 16.3. The second-order valence-electron chi connectivity index (χ2n) is 17.1. The van der Waals surface area contributed by atoms with E-state index < -0.39 is 0 Å². The van der Waals surface area contributed by atoms with E-state index in [1.807, 2.05) is 12.1 Å². The van der Waals surface area contributed by atoms with E-state index in [0.29, 0.717) is 0 Å². The molecule has 3 heteroatoms. The Kier molecular flexibility index (Phi) is 7.69. The molecule has 11 aromatic carbocycles. The third-order valence-electron chi connectivity index (χ3n) is 13.6. The van der Waals surface area contributed by atoms with Crippen LogP contribution in [0.4, 0.5) is 0 Å². The smallest absolute Gasteiger partial charge is 0.143 e. The third-order valence-corrected chi connectivity index (χ3v) is 13.6. The minimum atomic E-state index is 0.895. The van der Waals surface area contributed by atoms with Crippen LogP contribution in [0, 0.1) is 0 Å². The summed E-state index contributed by atoms with van der Waals surface area (Å²) in [4.78, 5) is 0. The standard InChI is InChI=1S/C62H37NO2/c1-3-15-38(16-4-1)59-47-21-7-8-22-48(47)60(39-17-5-2-6-18-39)54-37-42(31-32-49(54)59)63-55-33-29-40(43-23-13-25-50-45-19-9-11-27-57(45)64-61(43)50)35-52(55)53-36-41(30-34-56(53)63)44-24-14-26-51-46-20-10-12-28-58(46)65-62(44)51/h1-37H. The quantitative estimate of drug-likeness (QED) is 0.162. The van der Waals surface area contributed by atoms with E-state index in [0.717, 1.165) is 93.6 Å². The van der Waals surface area contributed by atoms with Crippen molar-refractivity contribution in [3.63, 3.8) is 0 Å². The summed E-state index contributed by atoms with van der Waals surface area (Å²) in [6.07, 6.45) is 0. The van der Waals surface area contributed by atoms with Crippen LogP contribution >= 0.6 is 0 Å². The molecule has 0 saturated carbocycles. The van der Waals surface area contributed by atoms with Crippen LogP contribution in [-0.4, -0.2) is 4.57 Å². The first-order chi connectivity index (χ1) is 32.2. The van der Waals surface area contributed by atoms with Crippen molar-refractivity contribution in [3.8, 4) is 50.2 Å². The molecule has 0 amide bonds. The molecule has 0 aliphatic heterocycles. The van der Waals surface area contributed by atoms with E-state index in [1.54, 1.807) is 0 Å². The van der Waals surface area contributed by atoms with Crippen LogP contribution in [0.2, 0.25) is 0 Å². The van der Waals surface area contributed by atoms with Gasteiger partial charge in [0.15, 0.2) is 0 Å². The summed E-state index contributed by atoms with van der Waals surface area (Å²) in [5.41, 5.74) is 16.2. The highest BCUT2D eigenvalue weighted by molar-refractivity contribution is 6.22. The molecular formula is C62H37NO2. The number of para-hydroxylation sites is 4. The van der Waals surface area contributed by atoms with Gasteiger partial charge in [0, 0.05) is 49.1 Å². The van der Waals surface area contributed by atoms with Gasteiger partial charge in [0.05, 0.1) is 11.0 Å². The molecule has 0 fully saturated rings. The maximum Gasteiger partial charge on any atom is 0.143 e. The van der Waals surface area contributed by atoms with Gasteiger partial charge in [0.1, 0.15) is 22.3 Å². The zero-order chi connectivity index (χ0) is 42.6. The average molecular weight is 828 g/mol. The Morgan fingerprint density at radius 3 is 1.22 bits per heavy atom. The van der Waals surface area contributed by atoms with E-state index >= 15 is 0 Å². The fraction of sp³-hybridized carbons (Fsp3) is 0. The topological polar surface area (TPSA) is 31.2 Å². The van der Waals surface area contributed by atoms with E-state index in [2.05, 4.69) is 217 Å². The van der Waals surface area contributed by atoms with Crippen molar-refractivity contribution >= 4 is 87.2 Å². The molecule has 0 atom stereocenters. The summed E-state index contributed by atoms with van der Waals surface area (Å²) < 4.78 is 15.7. The summed E-state index contributed by atoms with van der Waals surface area (Å²) in [7, 11) is 0. The molecule has 3 nitrogen and oxygen atoms in total. The normalized spacial score (nSPS) is 12.0. The van der Waals surface area contributed by atoms with Gasteiger partial charge in [-0.25, -0.2) is 0 Å². The van der Waals surface area contributed by atoms with E-state index in [-0.39, 0.29) is 0 Å². The van der Waals surface area contributed by atoms with Gasteiger partial charge in [-0.05, 0) is 103 Å². The Labute approximate surface area is 373 Å². The lowest BCUT2D eigenvalue weighted by molar-refractivity contribution is 0.669. The lowest BCUT2D eigenvalue weighted by atomic mass is 9.86. The molecule has 0 saturated heterocycles. The Morgan fingerprint density at radius 1 is 0.262 bits per heavy atom. The Balaban J connectivity index is 1.06. The first-order valence-electron chi connectivity index (χ1n) is 22.2. The fourth-order valence-electron chi connectivity index (χ4n) is 10.7. The number of rotatable bonds is 5. The van der Waals surface area contributed by atoms with Gasteiger partial charge in [0.25, 0.3) is 0 Å². The number of nitrogens with zero attached hydrogens (tertiary/aromatic N) is 1. The Hall–Kier alpha value is -8.66. The van der Waals surface area contributed by atoms with Gasteiger partial charge in [-0.3, -0.25) is 0 Å². The van der Waals surface area contributed by atoms with Crippen molar-refractivity contribution in [1.82, 2.24) is 4.57 Å². The van der Waals surface area contributed by atoms with Gasteiger partial charge >= 0.3 is 0 Å². The zero-order valence-corrected chi connectivity index (χ0v) is 35.1. The SMILES string of the molecule is c1ccc(-c2c3ccccc3c(-c3ccccc3)c3cc(-n4c5ccc(-c6cccc7c6oc6ccccc67)cc5c5cc(-c6cccc7c6oc6ccccc67)ccc54)ccc23)cc1. The van der Waals surface area contributed by atoms with Crippen LogP contribution in [0.3, 0.4) is 0 Å². The molecule has 0 N–H and O–H groups in total. The number of hydrogen-bond acceptors (Lipinski definition) is 2. The second kappa shape index (κ2) is 13.9. The molecule has 14 rings (SSSR count). The van der Waals surface area contributed by atoms with E-state index in [9.17, 15) is 0 Å². The maximum atomic E-state index is 6.60. The van der Waals surface area contributed by atoms with Gasteiger partial charge in [-0.2, -0.15) is 0 Å². The summed E-state index contributed by atoms with van der Waals surface area (Å²) >= 11 is 0. The van der Waals surface area contributed by atoms with Gasteiger partial charge in [-0.15, -0.1) is 0 Å². The lowest BCUT2D eigenvalue weighted by Crippen LogP contribution is -1.96. The molecule has 0 aliphatic carbocycles. The molecule has 0 radical (unpaired) electrons. The van der Waals surface area contributed by atoms with Crippen molar-refractivity contribution in [1.29, 1.82) is 0 Å². The van der Waals surface area contributed by atoms with Crippen molar-refractivity contribution in [2.45, 2.75) is 0 Å². The van der Waals surface area contributed by atoms with Crippen LogP contribution in [0.25, 0.3) is 137 Å². The summed E-state index contributed by atoms with van der Waals surface area (Å²) in [5, 5.41) is 11.7. The largest absolute Gasteiger partial charge is 0.455 e. The lowest BCUT2D eigenvalue weighted by Gasteiger charge is -2.19. The van der Waals surface area contributed by atoms with E-state index in [1.165, 1.54) is 43.8 Å². The highest BCUT2D eigenvalue weighted by Crippen LogP contribution is 2.46. The minimum Gasteiger partial charge on any atom is -0.455 e. The molecule has 0 bridgehead atoms. The van der Waals surface area contributed by atoms with Crippen molar-refractivity contribution < 1.29 is 8.83 Å². The number of furan rings is 2. The van der Waals surface area contributed by atoms with Gasteiger partial charge < -0.3 is 13.4 Å². The highest BCUT2D eigenvalue weighted by Gasteiger charge is 2.22. The number of hydrogen-bond donors (Lipinski definition) is 0. The Morgan fingerprint density at radius 2 is 0.692 bits per heavy atom. The zero-order valence-electron chi connectivity index (χ0n) is 35.1. The first-order valence-corrected chi connectivity index (χ1v) is 22.2. The predicted molar refractivity (Wildman–Crippen MR) is 272 cm³/mol. The third kappa shape index (κ3) is 5.36. The summed E-state index contributed by atoms with van der Waals surface area (Å²) in [6.45, 7) is 0. The van der Waals surface area contributed by atoms with Crippen LogP contribution in [0.15, 0.2) is 233 Å². The van der Waals surface area contributed by atoms with Crippen molar-refractivity contribution in [2.24, 2.45) is 0 Å². The number of aromatic nitrogens is 1. The number of fused-ring (bicyclic) bond motifs is 11. The van der Waals surface area contributed by atoms with Crippen molar-refractivity contribution in [3.05, 3.63) is 224 Å². The van der Waals surface area contributed by atoms with Gasteiger partial charge in [-0.1, -0.05) is 176 Å². The predicted octanol–water partition coefficient (Wildman–Crippen LogP) is 17.6. The molecule has 14 aromatic rings. The van der Waals surface area contributed by atoms with Crippen LogP contribution < -0.4 is 0 Å². The summed E-state index contributed by atoms with van der Waals surface area (Å²) in [6, 6.07) is 81.1. The molecule has 0 spiro atoms. The van der Waals surface area contributed by atoms with E-state index in [4.69, 9.17) is 8.83 Å². The molecule has 3 aromatic heterocycles. The molecule has 0 aliphatic rings. The van der Waals surface area contributed by atoms with Crippen molar-refractivity contribution in [2.75, 3.05) is 0 Å². The molecule has 65 heavy (non-hydrogen) atoms. The van der Waals surface area contributed by atoms with Crippen LogP contribution in [-0.2, 0) is 0 Å². The second-order valence-corrected chi connectivity index (χ2v) is 17.1. The first kappa shape index (κ1) is 35.9. The van der Waals surface area contributed by atoms with Gasteiger partial charge in [0.2, 0.25) is 0 Å².